The van der Waals surface area contributed by atoms with E-state index in [2.05, 4.69) is 80.6 Å². The molecule has 2 aliphatic heterocycles. The van der Waals surface area contributed by atoms with Gasteiger partial charge in [-0.15, -0.1) is 0 Å². The van der Waals surface area contributed by atoms with Crippen LogP contribution in [0.4, 0.5) is 0 Å². The lowest BCUT2D eigenvalue weighted by Crippen LogP contribution is -1.91. The van der Waals surface area contributed by atoms with Crippen LogP contribution < -0.4 is 0 Å². The molecule has 11 rings (SSSR count). The van der Waals surface area contributed by atoms with Crippen molar-refractivity contribution < 1.29 is 10.2 Å². The average molecular weight is 749 g/mol. The van der Waals surface area contributed by atoms with Crippen LogP contribution in [0.3, 0.4) is 0 Å². The zero-order valence-corrected chi connectivity index (χ0v) is 30.8. The number of nitrogens with one attached hydrogen (secondary N) is 2. The molecule has 9 aromatic rings. The number of phenols is 2. The number of aromatic nitrogens is 6. The summed E-state index contributed by atoms with van der Waals surface area (Å²) in [6, 6.07) is 43.9. The number of pyridine rings is 2. The number of hydrogen-bond donors (Lipinski definition) is 4. The largest absolute Gasteiger partial charge is 0.506 e. The second kappa shape index (κ2) is 13.3. The highest BCUT2D eigenvalue weighted by Crippen LogP contribution is 2.42. The van der Waals surface area contributed by atoms with Crippen molar-refractivity contribution in [3.63, 3.8) is 0 Å². The molecule has 274 valence electrons. The number of phenolic OH excluding ortho intramolecular Hbond substituents is 2. The summed E-state index contributed by atoms with van der Waals surface area (Å²) in [5.41, 5.74) is 14.9. The molecule has 2 aliphatic rings. The van der Waals surface area contributed by atoms with E-state index >= 15 is 0 Å². The van der Waals surface area contributed by atoms with Gasteiger partial charge in [-0.3, -0.25) is 9.97 Å². The Morgan fingerprint density at radius 2 is 0.741 bits per heavy atom. The molecule has 5 aromatic heterocycles. The number of benzene rings is 4. The van der Waals surface area contributed by atoms with Crippen LogP contribution in [-0.2, 0) is 0 Å². The second-order valence-electron chi connectivity index (χ2n) is 14.3. The first kappa shape index (κ1) is 33.3. The fourth-order valence-electron chi connectivity index (χ4n) is 8.34. The first-order chi connectivity index (χ1) is 28.6. The summed E-state index contributed by atoms with van der Waals surface area (Å²) in [6.45, 7) is 0. The molecular weight excluding hydrogens is 717 g/mol. The Bertz CT molecular complexity index is 3140. The molecule has 7 heterocycles. The minimum atomic E-state index is 0.104. The van der Waals surface area contributed by atoms with Crippen molar-refractivity contribution in [2.24, 2.45) is 0 Å². The third kappa shape index (κ3) is 5.38. The Hall–Kier alpha value is -8.10. The highest BCUT2D eigenvalue weighted by atomic mass is 16.3. The van der Waals surface area contributed by atoms with Gasteiger partial charge in [0.25, 0.3) is 0 Å². The zero-order valence-electron chi connectivity index (χ0n) is 30.8. The van der Waals surface area contributed by atoms with Crippen LogP contribution in [0.25, 0.3) is 113 Å². The van der Waals surface area contributed by atoms with Crippen LogP contribution in [0.1, 0.15) is 22.8 Å². The van der Waals surface area contributed by atoms with Crippen LogP contribution in [0.5, 0.6) is 11.5 Å². The lowest BCUT2D eigenvalue weighted by Gasteiger charge is -2.10. The summed E-state index contributed by atoms with van der Waals surface area (Å²) in [7, 11) is 0. The Morgan fingerprint density at radius 1 is 0.362 bits per heavy atom. The van der Waals surface area contributed by atoms with Crippen molar-refractivity contribution in [1.29, 1.82) is 0 Å². The highest BCUT2D eigenvalue weighted by molar-refractivity contribution is 6.08. The first-order valence-corrected chi connectivity index (χ1v) is 19.0. The number of H-pyrrole nitrogens is 2. The van der Waals surface area contributed by atoms with Gasteiger partial charge in [0.2, 0.25) is 0 Å². The van der Waals surface area contributed by atoms with Crippen molar-refractivity contribution in [3.05, 3.63) is 169 Å². The van der Waals surface area contributed by atoms with E-state index < -0.39 is 0 Å². The van der Waals surface area contributed by atoms with Gasteiger partial charge in [-0.2, -0.15) is 0 Å². The van der Waals surface area contributed by atoms with Gasteiger partial charge in [-0.25, -0.2) is 9.97 Å². The third-order valence-corrected chi connectivity index (χ3v) is 10.9. The summed E-state index contributed by atoms with van der Waals surface area (Å²) in [5, 5.41) is 23.4. The van der Waals surface area contributed by atoms with Gasteiger partial charge in [-0.05, 0) is 107 Å². The Balaban J connectivity index is 1.35. The molecule has 0 fully saturated rings. The number of fused-ring (bicyclic) bond motifs is 10. The summed E-state index contributed by atoms with van der Waals surface area (Å²) >= 11 is 0. The van der Waals surface area contributed by atoms with Gasteiger partial charge in [-0.1, -0.05) is 72.8 Å². The van der Waals surface area contributed by atoms with E-state index in [9.17, 15) is 10.2 Å². The maximum absolute atomic E-state index is 10.9. The quantitative estimate of drug-likeness (QED) is 0.142. The van der Waals surface area contributed by atoms with E-state index in [4.69, 9.17) is 9.97 Å². The predicted molar refractivity (Wildman–Crippen MR) is 235 cm³/mol. The van der Waals surface area contributed by atoms with Gasteiger partial charge < -0.3 is 20.2 Å². The maximum Gasteiger partial charge on any atom is 0.141 e. The molecule has 0 aliphatic carbocycles. The lowest BCUT2D eigenvalue weighted by atomic mass is 9.98. The summed E-state index contributed by atoms with van der Waals surface area (Å²) < 4.78 is 0. The Kier molecular flexibility index (Phi) is 7.62. The van der Waals surface area contributed by atoms with Crippen LogP contribution in [-0.4, -0.2) is 40.1 Å². The first-order valence-electron chi connectivity index (χ1n) is 19.0. The number of hydrogen-bond acceptors (Lipinski definition) is 6. The number of rotatable bonds is 4. The van der Waals surface area contributed by atoms with E-state index in [1.54, 1.807) is 24.5 Å². The molecule has 8 nitrogen and oxygen atoms in total. The van der Waals surface area contributed by atoms with Gasteiger partial charge in [0.15, 0.2) is 0 Å². The second-order valence-corrected chi connectivity index (χ2v) is 14.3. The molecule has 4 N–H and O–H groups in total. The SMILES string of the molecule is Oc1ccc(-c2c3nc(c(-c4ccc(O)c5ncccc45)c4ccc([nH]4)c(-c4ccccc4)c4nc(c(-c5ccccc5)c5ccc2[nH]5)C=C4)C=C3)c2cccnc12. The molecule has 8 heteroatoms. The zero-order chi connectivity index (χ0) is 38.7. The van der Waals surface area contributed by atoms with Crippen LogP contribution >= 0.6 is 0 Å². The summed E-state index contributed by atoms with van der Waals surface area (Å²) in [4.78, 5) is 27.5. The van der Waals surface area contributed by atoms with Crippen LogP contribution in [0.15, 0.2) is 146 Å². The predicted octanol–water partition coefficient (Wildman–Crippen LogP) is 11.8. The van der Waals surface area contributed by atoms with E-state index in [-0.39, 0.29) is 11.5 Å². The van der Waals surface area contributed by atoms with Crippen molar-refractivity contribution >= 4 is 68.2 Å². The maximum atomic E-state index is 10.9. The van der Waals surface area contributed by atoms with E-state index in [0.717, 1.165) is 100 Å². The van der Waals surface area contributed by atoms with E-state index in [1.807, 2.05) is 84.9 Å². The molecule has 4 aromatic carbocycles. The number of nitrogens with zero attached hydrogens (tertiary/aromatic N) is 4. The van der Waals surface area contributed by atoms with Crippen molar-refractivity contribution in [2.45, 2.75) is 0 Å². The smallest absolute Gasteiger partial charge is 0.141 e. The van der Waals surface area contributed by atoms with Crippen molar-refractivity contribution in [3.8, 4) is 56.0 Å². The van der Waals surface area contributed by atoms with Crippen LogP contribution in [0, 0.1) is 0 Å². The number of aromatic hydroxyl groups is 2. The fourth-order valence-corrected chi connectivity index (χ4v) is 8.34. The summed E-state index contributed by atoms with van der Waals surface area (Å²) in [5.74, 6) is 0.207. The number of aromatic amines is 2. The standard InChI is InChI=1S/C50H32N6O2/c57-43-25-15-31(33-13-7-27-51-49(33)43)47-39-21-19-37(54-39)45(29-9-3-1-4-10-29)35-17-18-36(53-35)46(30-11-5-2-6-12-30)38-20-22-40(55-38)48(42-24-23-41(47)56-42)32-16-26-44(58)50-34(32)14-8-28-52-50/h1-28,54-55,57-58H. The van der Waals surface area contributed by atoms with Gasteiger partial charge in [0.1, 0.15) is 22.5 Å². The normalized spacial score (nSPS) is 12.1. The molecule has 0 saturated heterocycles. The van der Waals surface area contributed by atoms with Crippen LogP contribution in [0.2, 0.25) is 0 Å². The van der Waals surface area contributed by atoms with E-state index in [0.29, 0.717) is 11.0 Å². The molecule has 0 spiro atoms. The Labute approximate surface area is 331 Å². The minimum Gasteiger partial charge on any atom is -0.506 e. The van der Waals surface area contributed by atoms with Crippen molar-refractivity contribution in [2.75, 3.05) is 0 Å². The summed E-state index contributed by atoms with van der Waals surface area (Å²) in [6.07, 6.45) is 11.6. The van der Waals surface area contributed by atoms with Gasteiger partial charge >= 0.3 is 0 Å². The molecule has 8 bridgehead atoms. The molecule has 0 atom stereocenters. The molecule has 58 heavy (non-hydrogen) atoms. The highest BCUT2D eigenvalue weighted by Gasteiger charge is 2.21. The van der Waals surface area contributed by atoms with Crippen molar-refractivity contribution in [1.82, 2.24) is 29.9 Å². The molecule has 0 unspecified atom stereocenters. The van der Waals surface area contributed by atoms with Gasteiger partial charge in [0, 0.05) is 67.5 Å². The molecular formula is C50H32N6O2. The lowest BCUT2D eigenvalue weighted by molar-refractivity contribution is 0.480. The minimum absolute atomic E-state index is 0.104. The molecule has 0 radical (unpaired) electrons. The third-order valence-electron chi connectivity index (χ3n) is 10.9. The van der Waals surface area contributed by atoms with Gasteiger partial charge in [0.05, 0.1) is 22.8 Å². The van der Waals surface area contributed by atoms with E-state index in [1.165, 1.54) is 0 Å². The molecule has 0 saturated carbocycles. The molecule has 0 amide bonds. The topological polar surface area (TPSA) is 124 Å². The average Bonchev–Trinajstić information content (AvgIpc) is 4.12. The Morgan fingerprint density at radius 3 is 1.16 bits per heavy atom. The monoisotopic (exact) mass is 748 g/mol. The fraction of sp³-hybridized carbons (Fsp3) is 0.